The van der Waals surface area contributed by atoms with Gasteiger partial charge < -0.3 is 9.64 Å². The monoisotopic (exact) mass is 301 g/mol. The maximum absolute atomic E-state index is 12.8. The maximum Gasteiger partial charge on any atom is 0.226 e. The molecule has 2 aromatic rings. The van der Waals surface area contributed by atoms with Crippen LogP contribution in [0.4, 0.5) is 4.39 Å². The van der Waals surface area contributed by atoms with Crippen molar-refractivity contribution in [2.45, 2.75) is 13.3 Å². The van der Waals surface area contributed by atoms with Crippen LogP contribution in [0.3, 0.4) is 0 Å². The van der Waals surface area contributed by atoms with Gasteiger partial charge in [-0.05, 0) is 36.2 Å². The van der Waals surface area contributed by atoms with Crippen LogP contribution in [-0.2, 0) is 11.2 Å². The van der Waals surface area contributed by atoms with Crippen LogP contribution < -0.4 is 4.74 Å². The molecular formula is C18H20FNO2. The third kappa shape index (κ3) is 4.58. The summed E-state index contributed by atoms with van der Waals surface area (Å²) in [5, 5.41) is 0. The molecule has 0 aliphatic rings. The molecule has 116 valence electrons. The summed E-state index contributed by atoms with van der Waals surface area (Å²) < 4.78 is 18.5. The van der Waals surface area contributed by atoms with Gasteiger partial charge in [-0.1, -0.05) is 30.3 Å². The topological polar surface area (TPSA) is 29.5 Å². The number of hydrogen-bond donors (Lipinski definition) is 0. The van der Waals surface area contributed by atoms with E-state index in [1.54, 1.807) is 24.1 Å². The van der Waals surface area contributed by atoms with Gasteiger partial charge in [0.1, 0.15) is 18.2 Å². The Bertz CT molecular complexity index is 625. The lowest BCUT2D eigenvalue weighted by Gasteiger charge is -2.18. The van der Waals surface area contributed by atoms with Crippen LogP contribution in [-0.4, -0.2) is 31.0 Å². The number of para-hydroxylation sites is 1. The van der Waals surface area contributed by atoms with Crippen LogP contribution in [0.2, 0.25) is 0 Å². The van der Waals surface area contributed by atoms with Crippen molar-refractivity contribution in [1.82, 2.24) is 4.90 Å². The molecule has 0 radical (unpaired) electrons. The summed E-state index contributed by atoms with van der Waals surface area (Å²) in [6.07, 6.45) is 0.265. The number of benzene rings is 2. The Morgan fingerprint density at radius 2 is 1.82 bits per heavy atom. The predicted molar refractivity (Wildman–Crippen MR) is 84.4 cm³/mol. The molecular weight excluding hydrogens is 281 g/mol. The van der Waals surface area contributed by atoms with Crippen molar-refractivity contribution in [3.63, 3.8) is 0 Å². The highest BCUT2D eigenvalue weighted by atomic mass is 19.1. The molecule has 0 heterocycles. The highest BCUT2D eigenvalue weighted by Gasteiger charge is 2.10. The number of halogens is 1. The van der Waals surface area contributed by atoms with Gasteiger partial charge in [-0.3, -0.25) is 4.79 Å². The molecule has 3 nitrogen and oxygen atoms in total. The second-order valence-electron chi connectivity index (χ2n) is 5.23. The van der Waals surface area contributed by atoms with E-state index in [1.165, 1.54) is 12.1 Å². The van der Waals surface area contributed by atoms with E-state index in [-0.39, 0.29) is 18.1 Å². The summed E-state index contributed by atoms with van der Waals surface area (Å²) in [5.74, 6) is 0.526. The summed E-state index contributed by atoms with van der Waals surface area (Å²) in [5.41, 5.74) is 1.88. The van der Waals surface area contributed by atoms with Crippen molar-refractivity contribution in [1.29, 1.82) is 0 Å². The van der Waals surface area contributed by atoms with Crippen molar-refractivity contribution in [2.24, 2.45) is 0 Å². The van der Waals surface area contributed by atoms with E-state index in [1.807, 2.05) is 31.2 Å². The lowest BCUT2D eigenvalue weighted by molar-refractivity contribution is -0.129. The molecule has 2 aromatic carbocycles. The summed E-state index contributed by atoms with van der Waals surface area (Å²) in [7, 11) is 1.74. The van der Waals surface area contributed by atoms with Crippen molar-refractivity contribution in [3.05, 3.63) is 65.5 Å². The Kier molecular flexibility index (Phi) is 5.53. The zero-order valence-electron chi connectivity index (χ0n) is 12.9. The Labute approximate surface area is 130 Å². The molecule has 0 aliphatic carbocycles. The Morgan fingerprint density at radius 3 is 2.50 bits per heavy atom. The van der Waals surface area contributed by atoms with Gasteiger partial charge in [0.15, 0.2) is 0 Å². The minimum Gasteiger partial charge on any atom is -0.491 e. The molecule has 2 rings (SSSR count). The number of nitrogens with zero attached hydrogens (tertiary/aromatic N) is 1. The fourth-order valence-corrected chi connectivity index (χ4v) is 2.05. The van der Waals surface area contributed by atoms with Crippen LogP contribution >= 0.6 is 0 Å². The van der Waals surface area contributed by atoms with Gasteiger partial charge in [-0.25, -0.2) is 4.39 Å². The van der Waals surface area contributed by atoms with E-state index in [0.29, 0.717) is 13.2 Å². The first-order valence-electron chi connectivity index (χ1n) is 7.23. The second-order valence-corrected chi connectivity index (χ2v) is 5.23. The highest BCUT2D eigenvalue weighted by molar-refractivity contribution is 5.78. The lowest BCUT2D eigenvalue weighted by Crippen LogP contribution is -2.32. The van der Waals surface area contributed by atoms with E-state index in [9.17, 15) is 9.18 Å². The van der Waals surface area contributed by atoms with Gasteiger partial charge in [0.25, 0.3) is 0 Å². The molecule has 0 spiro atoms. The minimum atomic E-state index is -0.295. The smallest absolute Gasteiger partial charge is 0.226 e. The van der Waals surface area contributed by atoms with Gasteiger partial charge in [0, 0.05) is 7.05 Å². The van der Waals surface area contributed by atoms with E-state index in [0.717, 1.165) is 16.9 Å². The second kappa shape index (κ2) is 7.59. The van der Waals surface area contributed by atoms with E-state index < -0.39 is 0 Å². The van der Waals surface area contributed by atoms with Gasteiger partial charge in [-0.2, -0.15) is 0 Å². The highest BCUT2D eigenvalue weighted by Crippen LogP contribution is 2.15. The van der Waals surface area contributed by atoms with Crippen LogP contribution in [0.1, 0.15) is 11.1 Å². The third-order valence-electron chi connectivity index (χ3n) is 3.47. The Hall–Kier alpha value is -2.36. The largest absolute Gasteiger partial charge is 0.491 e. The summed E-state index contributed by atoms with van der Waals surface area (Å²) in [6.45, 7) is 2.93. The molecule has 0 atom stereocenters. The van der Waals surface area contributed by atoms with Crippen molar-refractivity contribution < 1.29 is 13.9 Å². The number of carbonyl (C=O) groups is 1. The molecule has 0 aromatic heterocycles. The Balaban J connectivity index is 1.79. The maximum atomic E-state index is 12.8. The first-order valence-corrected chi connectivity index (χ1v) is 7.23. The van der Waals surface area contributed by atoms with E-state index in [4.69, 9.17) is 4.74 Å². The zero-order valence-corrected chi connectivity index (χ0v) is 12.9. The van der Waals surface area contributed by atoms with Gasteiger partial charge >= 0.3 is 0 Å². The molecule has 0 saturated carbocycles. The number of ether oxygens (including phenoxy) is 1. The number of aryl methyl sites for hydroxylation is 1. The predicted octanol–water partition coefficient (Wildman–Crippen LogP) is 3.21. The molecule has 0 bridgehead atoms. The third-order valence-corrected chi connectivity index (χ3v) is 3.47. The van der Waals surface area contributed by atoms with Crippen LogP contribution in [0.25, 0.3) is 0 Å². The zero-order chi connectivity index (χ0) is 15.9. The van der Waals surface area contributed by atoms with Crippen molar-refractivity contribution in [3.8, 4) is 5.75 Å². The summed E-state index contributed by atoms with van der Waals surface area (Å²) in [6, 6.07) is 13.8. The fourth-order valence-electron chi connectivity index (χ4n) is 2.05. The SMILES string of the molecule is Cc1ccccc1OCCN(C)C(=O)Cc1ccc(F)cc1. The summed E-state index contributed by atoms with van der Waals surface area (Å²) >= 11 is 0. The molecule has 0 aliphatic heterocycles. The lowest BCUT2D eigenvalue weighted by atomic mass is 10.1. The van der Waals surface area contributed by atoms with E-state index >= 15 is 0 Å². The number of hydrogen-bond acceptors (Lipinski definition) is 2. The fraction of sp³-hybridized carbons (Fsp3) is 0.278. The van der Waals surface area contributed by atoms with Crippen LogP contribution in [0, 0.1) is 12.7 Å². The molecule has 22 heavy (non-hydrogen) atoms. The van der Waals surface area contributed by atoms with Crippen LogP contribution in [0.5, 0.6) is 5.75 Å². The quantitative estimate of drug-likeness (QED) is 0.820. The first-order chi connectivity index (χ1) is 10.6. The number of likely N-dealkylation sites (N-methyl/N-ethyl adjacent to an activating group) is 1. The molecule has 0 unspecified atom stereocenters. The number of amides is 1. The average Bonchev–Trinajstić information content (AvgIpc) is 2.51. The molecule has 0 N–H and O–H groups in total. The molecule has 1 amide bonds. The first kappa shape index (κ1) is 16.0. The van der Waals surface area contributed by atoms with Crippen LogP contribution in [0.15, 0.2) is 48.5 Å². The molecule has 0 fully saturated rings. The minimum absolute atomic E-state index is 0.0139. The average molecular weight is 301 g/mol. The Morgan fingerprint density at radius 1 is 1.14 bits per heavy atom. The van der Waals surface area contributed by atoms with E-state index in [2.05, 4.69) is 0 Å². The van der Waals surface area contributed by atoms with Crippen molar-refractivity contribution in [2.75, 3.05) is 20.2 Å². The molecule has 0 saturated heterocycles. The van der Waals surface area contributed by atoms with Gasteiger partial charge in [-0.15, -0.1) is 0 Å². The standard InChI is InChI=1S/C18H20FNO2/c1-14-5-3-4-6-17(14)22-12-11-20(2)18(21)13-15-7-9-16(19)10-8-15/h3-10H,11-13H2,1-2H3. The normalized spacial score (nSPS) is 10.3. The van der Waals surface area contributed by atoms with Gasteiger partial charge in [0.05, 0.1) is 13.0 Å². The van der Waals surface area contributed by atoms with Gasteiger partial charge in [0.2, 0.25) is 5.91 Å². The number of carbonyl (C=O) groups excluding carboxylic acids is 1. The number of rotatable bonds is 6. The summed E-state index contributed by atoms with van der Waals surface area (Å²) in [4.78, 5) is 13.7. The van der Waals surface area contributed by atoms with Crippen molar-refractivity contribution >= 4 is 5.91 Å². The molecule has 4 heteroatoms.